The van der Waals surface area contributed by atoms with E-state index in [4.69, 9.17) is 5.11 Å². The Bertz CT molecular complexity index is 1020. The molecule has 1 fully saturated rings. The molecule has 0 atom stereocenters. The van der Waals surface area contributed by atoms with Crippen molar-refractivity contribution in [3.8, 4) is 11.5 Å². The average Bonchev–Trinajstić information content (AvgIpc) is 2.97. The maximum atomic E-state index is 12.6. The molecule has 1 aliphatic rings. The van der Waals surface area contributed by atoms with E-state index in [1.165, 1.54) is 30.3 Å². The zero-order valence-corrected chi connectivity index (χ0v) is 14.7. The van der Waals surface area contributed by atoms with Crippen molar-refractivity contribution in [3.63, 3.8) is 0 Å². The molecule has 0 spiro atoms. The highest BCUT2D eigenvalue weighted by molar-refractivity contribution is 6.15. The van der Waals surface area contributed by atoms with E-state index in [1.54, 1.807) is 18.2 Å². The van der Waals surface area contributed by atoms with Crippen molar-refractivity contribution >= 4 is 23.9 Å². The number of rotatable bonds is 4. The number of Topliss-reactive ketones (excluding diaryl/α,β-unsaturated/α-hetero) is 1. The first-order chi connectivity index (χ1) is 13.3. The lowest BCUT2D eigenvalue weighted by atomic mass is 10.0. The van der Waals surface area contributed by atoms with Crippen LogP contribution < -0.4 is 0 Å². The Morgan fingerprint density at radius 2 is 1.43 bits per heavy atom. The number of carbonyl (C=O) groups is 2. The Morgan fingerprint density at radius 1 is 0.893 bits per heavy atom. The summed E-state index contributed by atoms with van der Waals surface area (Å²) < 4.78 is 0. The second-order valence-electron chi connectivity index (χ2n) is 6.44. The number of carbonyl (C=O) groups excluding carboxylic acids is 1. The summed E-state index contributed by atoms with van der Waals surface area (Å²) in [4.78, 5) is 23.8. The van der Waals surface area contributed by atoms with Gasteiger partial charge in [0.1, 0.15) is 17.1 Å². The number of aliphatic hydroxyl groups is 2. The Labute approximate surface area is 160 Å². The molecule has 1 aliphatic carbocycles. The van der Waals surface area contributed by atoms with E-state index in [9.17, 15) is 30.0 Å². The topological polar surface area (TPSA) is 135 Å². The van der Waals surface area contributed by atoms with Crippen molar-refractivity contribution in [3.05, 3.63) is 69.8 Å². The zero-order chi connectivity index (χ0) is 20.4. The Balaban J connectivity index is 1.88. The smallest absolute Gasteiger partial charge is 0.339 e. The molecule has 0 radical (unpaired) electrons. The van der Waals surface area contributed by atoms with E-state index in [1.807, 2.05) is 0 Å². The number of benzene rings is 2. The minimum atomic E-state index is -1.83. The molecule has 1 saturated carbocycles. The van der Waals surface area contributed by atoms with Crippen LogP contribution in [0.15, 0.2) is 47.5 Å². The quantitative estimate of drug-likeness (QED) is 0.405. The number of phenols is 2. The highest BCUT2D eigenvalue weighted by Gasteiger charge is 2.23. The van der Waals surface area contributed by atoms with E-state index < -0.39 is 12.3 Å². The second kappa shape index (κ2) is 7.67. The molecule has 0 amide bonds. The maximum Gasteiger partial charge on any atom is 0.339 e. The van der Waals surface area contributed by atoms with Crippen LogP contribution in [-0.2, 0) is 4.79 Å². The molecule has 0 unspecified atom stereocenters. The summed E-state index contributed by atoms with van der Waals surface area (Å²) in [6, 6.07) is 8.36. The summed E-state index contributed by atoms with van der Waals surface area (Å²) in [5.74, 6) is -2.05. The number of aliphatic hydroxyl groups excluding tert-OH is 1. The van der Waals surface area contributed by atoms with Gasteiger partial charge in [-0.25, -0.2) is 4.79 Å². The fourth-order valence-corrected chi connectivity index (χ4v) is 3.06. The second-order valence-corrected chi connectivity index (χ2v) is 6.44. The van der Waals surface area contributed by atoms with Gasteiger partial charge in [0.2, 0.25) is 0 Å². The van der Waals surface area contributed by atoms with Crippen LogP contribution in [0.1, 0.15) is 46.2 Å². The molecule has 5 N–H and O–H groups in total. The monoisotopic (exact) mass is 382 g/mol. The van der Waals surface area contributed by atoms with E-state index in [0.29, 0.717) is 35.1 Å². The van der Waals surface area contributed by atoms with Crippen LogP contribution in [0.25, 0.3) is 12.2 Å². The summed E-state index contributed by atoms with van der Waals surface area (Å²) in [6.07, 6.45) is 2.34. The first-order valence-corrected chi connectivity index (χ1v) is 8.47. The summed E-state index contributed by atoms with van der Waals surface area (Å²) >= 11 is 0. The van der Waals surface area contributed by atoms with Crippen molar-refractivity contribution in [2.24, 2.45) is 0 Å². The minimum absolute atomic E-state index is 0.0548. The third-order valence-electron chi connectivity index (χ3n) is 4.51. The molecule has 0 bridgehead atoms. The number of phenolic OH excluding ortho intramolecular Hbond substituents is 1. The highest BCUT2D eigenvalue weighted by Crippen LogP contribution is 2.31. The molecule has 7 nitrogen and oxygen atoms in total. The first kappa shape index (κ1) is 19.3. The minimum Gasteiger partial charge on any atom is -0.507 e. The lowest BCUT2D eigenvalue weighted by molar-refractivity contribution is -0.111. The van der Waals surface area contributed by atoms with Crippen molar-refractivity contribution < 1.29 is 35.1 Å². The molecule has 2 aromatic carbocycles. The lowest BCUT2D eigenvalue weighted by Gasteiger charge is -2.07. The molecule has 144 valence electrons. The first-order valence-electron chi connectivity index (χ1n) is 8.47. The Morgan fingerprint density at radius 3 is 1.96 bits per heavy atom. The van der Waals surface area contributed by atoms with Crippen LogP contribution in [0, 0.1) is 0 Å². The Hall–Kier alpha value is -3.42. The summed E-state index contributed by atoms with van der Waals surface area (Å²) in [5.41, 5.74) is 1.77. The molecular weight excluding hydrogens is 364 g/mol. The van der Waals surface area contributed by atoms with Gasteiger partial charge in [-0.15, -0.1) is 0 Å². The van der Waals surface area contributed by atoms with Gasteiger partial charge in [0, 0.05) is 16.7 Å². The van der Waals surface area contributed by atoms with Crippen LogP contribution in [0.2, 0.25) is 0 Å². The third kappa shape index (κ3) is 3.95. The van der Waals surface area contributed by atoms with Gasteiger partial charge in [0.15, 0.2) is 12.1 Å². The summed E-state index contributed by atoms with van der Waals surface area (Å²) in [7, 11) is 0. The van der Waals surface area contributed by atoms with Crippen molar-refractivity contribution in [1.82, 2.24) is 0 Å². The van der Waals surface area contributed by atoms with Gasteiger partial charge < -0.3 is 25.5 Å². The standard InChI is InChI=1S/C21H18O7/c22-17-5-1-11(9-15(17)20(25)26)7-13-3-4-14(19(13)24)8-12-2-6-18(23)16(10-12)21(27)28/h1-2,5-10,20,22-23,25-26H,3-4H2,(H,27,28)/b13-7+,14-8+. The number of allylic oxidation sites excluding steroid dienone is 2. The SMILES string of the molecule is O=C1/C(=C/c2ccc(O)c(C(=O)O)c2)CC/C1=C\c1ccc(O)c(C(O)O)c1. The zero-order valence-electron chi connectivity index (χ0n) is 14.7. The molecule has 28 heavy (non-hydrogen) atoms. The van der Waals surface area contributed by atoms with Gasteiger partial charge in [-0.05, 0) is 60.4 Å². The van der Waals surface area contributed by atoms with Crippen molar-refractivity contribution in [1.29, 1.82) is 0 Å². The molecule has 0 heterocycles. The molecule has 2 aromatic rings. The van der Waals surface area contributed by atoms with Crippen LogP contribution in [0.5, 0.6) is 11.5 Å². The van der Waals surface area contributed by atoms with Gasteiger partial charge in [-0.2, -0.15) is 0 Å². The fourth-order valence-electron chi connectivity index (χ4n) is 3.06. The van der Waals surface area contributed by atoms with E-state index >= 15 is 0 Å². The van der Waals surface area contributed by atoms with Gasteiger partial charge in [-0.3, -0.25) is 4.79 Å². The summed E-state index contributed by atoms with van der Waals surface area (Å²) in [5, 5.41) is 46.8. The lowest BCUT2D eigenvalue weighted by Crippen LogP contribution is -1.99. The van der Waals surface area contributed by atoms with Gasteiger partial charge in [0.25, 0.3) is 0 Å². The molecule has 3 rings (SSSR count). The van der Waals surface area contributed by atoms with Crippen molar-refractivity contribution in [2.75, 3.05) is 0 Å². The molecule has 0 aliphatic heterocycles. The molecule has 0 saturated heterocycles. The number of aromatic hydroxyl groups is 2. The van der Waals surface area contributed by atoms with E-state index in [-0.39, 0.29) is 28.4 Å². The average molecular weight is 382 g/mol. The maximum absolute atomic E-state index is 12.6. The van der Waals surface area contributed by atoms with E-state index in [0.717, 1.165) is 0 Å². The number of aromatic carboxylic acids is 1. The predicted octanol–water partition coefficient (Wildman–Crippen LogP) is 2.61. The number of ketones is 1. The van der Waals surface area contributed by atoms with Gasteiger partial charge in [0.05, 0.1) is 0 Å². The molecule has 7 heteroatoms. The Kier molecular flexibility index (Phi) is 5.30. The van der Waals surface area contributed by atoms with Crippen LogP contribution in [-0.4, -0.2) is 37.3 Å². The number of hydrogen-bond donors (Lipinski definition) is 5. The van der Waals surface area contributed by atoms with Crippen LogP contribution >= 0.6 is 0 Å². The summed E-state index contributed by atoms with van der Waals surface area (Å²) in [6.45, 7) is 0. The van der Waals surface area contributed by atoms with E-state index in [2.05, 4.69) is 0 Å². The molecular formula is C21H18O7. The normalized spacial score (nSPS) is 17.0. The third-order valence-corrected chi connectivity index (χ3v) is 4.51. The largest absolute Gasteiger partial charge is 0.507 e. The number of carboxylic acids is 1. The fraction of sp³-hybridized carbons (Fsp3) is 0.143. The van der Waals surface area contributed by atoms with Crippen LogP contribution in [0.4, 0.5) is 0 Å². The predicted molar refractivity (Wildman–Crippen MR) is 101 cm³/mol. The van der Waals surface area contributed by atoms with Crippen molar-refractivity contribution in [2.45, 2.75) is 19.1 Å². The number of carboxylic acid groups (broad SMARTS) is 1. The molecule has 0 aromatic heterocycles. The van der Waals surface area contributed by atoms with Gasteiger partial charge in [-0.1, -0.05) is 12.1 Å². The van der Waals surface area contributed by atoms with Crippen LogP contribution in [0.3, 0.4) is 0 Å². The highest BCUT2D eigenvalue weighted by atomic mass is 16.5. The number of hydrogen-bond acceptors (Lipinski definition) is 6. The van der Waals surface area contributed by atoms with Gasteiger partial charge >= 0.3 is 5.97 Å².